The van der Waals surface area contributed by atoms with Crippen molar-refractivity contribution in [2.75, 3.05) is 0 Å². The normalized spacial score (nSPS) is 14.9. The van der Waals surface area contributed by atoms with Gasteiger partial charge in [0.15, 0.2) is 17.4 Å². The minimum atomic E-state index is -1.67. The van der Waals surface area contributed by atoms with Crippen molar-refractivity contribution >= 4 is 65.5 Å². The molecule has 3 saturated carbocycles. The zero-order chi connectivity index (χ0) is 27.5. The van der Waals surface area contributed by atoms with Gasteiger partial charge in [-0.1, -0.05) is 60.7 Å². The average Bonchev–Trinajstić information content (AvgIpc) is 3.79. The summed E-state index contributed by atoms with van der Waals surface area (Å²) >= 11 is 5.67. The number of aliphatic hydroxyl groups excluding tert-OH is 1. The van der Waals surface area contributed by atoms with Gasteiger partial charge in [0.2, 0.25) is 9.23 Å². The second-order valence-electron chi connectivity index (χ2n) is 9.71. The molecule has 3 aromatic carbocycles. The van der Waals surface area contributed by atoms with Gasteiger partial charge in [-0.25, -0.2) is 9.00 Å². The Morgan fingerprint density at radius 2 is 1.02 bits per heavy atom. The van der Waals surface area contributed by atoms with Crippen LogP contribution in [0.2, 0.25) is 0 Å². The van der Waals surface area contributed by atoms with Crippen LogP contribution in [0, 0.1) is 0 Å². The summed E-state index contributed by atoms with van der Waals surface area (Å²) in [5, 5.41) is 17.4. The van der Waals surface area contributed by atoms with E-state index in [2.05, 4.69) is 57.8 Å². The molecule has 6 rings (SSSR count). The fraction of sp³-hybridized carbons (Fsp3) is 0.367. The fourth-order valence-corrected chi connectivity index (χ4v) is 4.10. The summed E-state index contributed by atoms with van der Waals surface area (Å²) in [5.74, 6) is 2.16. The number of benzene rings is 3. The molecule has 0 atom stereocenters. The van der Waals surface area contributed by atoms with Crippen molar-refractivity contribution in [3.05, 3.63) is 106 Å². The largest absolute Gasteiger partial charge is 1.00 e. The Morgan fingerprint density at radius 1 is 0.725 bits per heavy atom. The molecular formula is C30H37AlCl3LiO4S. The van der Waals surface area contributed by atoms with Crippen LogP contribution in [0.3, 0.4) is 0 Å². The molecule has 0 spiro atoms. The van der Waals surface area contributed by atoms with E-state index in [-0.39, 0.29) is 44.3 Å². The number of hydrogen-bond donors (Lipinski definition) is 2. The number of rotatable bonds is 6. The Morgan fingerprint density at radius 3 is 1.27 bits per heavy atom. The van der Waals surface area contributed by atoms with Gasteiger partial charge in [0.05, 0.1) is 12.2 Å². The monoisotopic (exact) mass is 632 g/mol. The minimum absolute atomic E-state index is 0. The summed E-state index contributed by atoms with van der Waals surface area (Å²) < 4.78 is 9.09. The van der Waals surface area contributed by atoms with Crippen molar-refractivity contribution < 1.29 is 39.5 Å². The molecule has 10 heteroatoms. The minimum Gasteiger partial charge on any atom is -1.00 e. The molecule has 0 radical (unpaired) electrons. The number of alkyl halides is 1. The Bertz CT molecular complexity index is 1120. The third-order valence-corrected chi connectivity index (χ3v) is 6.91. The molecule has 3 aliphatic rings. The molecule has 4 nitrogen and oxygen atoms in total. The van der Waals surface area contributed by atoms with E-state index in [9.17, 15) is 4.79 Å². The van der Waals surface area contributed by atoms with Crippen molar-refractivity contribution in [2.24, 2.45) is 0 Å². The first-order valence-corrected chi connectivity index (χ1v) is 16.1. The second kappa shape index (κ2) is 19.4. The standard InChI is InChI=1S/C10H11Cl.C10H10O2.C10H12O.Al.Cl2OS.Li.4H/c11-7-8-1-3-9(4-2-8)10-5-6-10;11-10(12)9-5-3-8(4-6-9)7-1-2-7;11-7-8-1-3-9(4-2-8)10-5-6-10;;1-4(2)3;;;;;/h1-4,10H,5-7H2;3-7H,1-2H2,(H,11,12);1-4,10-11H,5-7H2;;;;;;;/q;;;;;+1;;;;-1. The average molecular weight is 634 g/mol. The SMILES string of the molecule is ClCc1ccc(C2CC2)cc1.O=C(O)c1ccc(C2CC2)cc1.O=S(Cl)Cl.OCc1ccc(C2CC2)cc1.[AlH3].[H-].[Li+]. The van der Waals surface area contributed by atoms with Crippen LogP contribution >= 0.6 is 33.0 Å². The topological polar surface area (TPSA) is 74.6 Å². The van der Waals surface area contributed by atoms with Crippen LogP contribution in [0.1, 0.15) is 95.9 Å². The first kappa shape index (κ1) is 37.3. The fourth-order valence-electron chi connectivity index (χ4n) is 3.92. The number of carboxylic acids is 1. The number of aromatic carboxylic acids is 1. The molecule has 0 amide bonds. The zero-order valence-electron chi connectivity index (χ0n) is 23.1. The molecule has 0 heterocycles. The maximum Gasteiger partial charge on any atom is 1.00 e. The molecule has 0 saturated heterocycles. The summed E-state index contributed by atoms with van der Waals surface area (Å²) in [4.78, 5) is 10.5. The van der Waals surface area contributed by atoms with E-state index in [0.29, 0.717) is 17.4 Å². The van der Waals surface area contributed by atoms with Crippen molar-refractivity contribution in [2.45, 2.75) is 68.8 Å². The van der Waals surface area contributed by atoms with Crippen LogP contribution in [-0.2, 0) is 21.7 Å². The van der Waals surface area contributed by atoms with Gasteiger partial charge >= 0.3 is 24.8 Å². The summed E-state index contributed by atoms with van der Waals surface area (Å²) in [7, 11) is 7.36. The van der Waals surface area contributed by atoms with Crippen molar-refractivity contribution in [3.8, 4) is 0 Å². The molecule has 0 unspecified atom stereocenters. The Hall–Kier alpha value is -0.760. The second-order valence-corrected chi connectivity index (χ2v) is 12.5. The van der Waals surface area contributed by atoms with Crippen LogP contribution in [0.25, 0.3) is 0 Å². The van der Waals surface area contributed by atoms with E-state index in [1.807, 2.05) is 24.3 Å². The third-order valence-electron chi connectivity index (χ3n) is 6.60. The molecular weight excluding hydrogens is 597 g/mol. The number of aliphatic hydroxyl groups is 1. The number of carboxylic acid groups (broad SMARTS) is 1. The third kappa shape index (κ3) is 14.4. The number of halogens is 3. The van der Waals surface area contributed by atoms with Gasteiger partial charge < -0.3 is 11.6 Å². The summed E-state index contributed by atoms with van der Waals surface area (Å²) in [6, 6.07) is 24.1. The molecule has 3 aromatic rings. The van der Waals surface area contributed by atoms with E-state index in [0.717, 1.165) is 17.4 Å². The van der Waals surface area contributed by atoms with Crippen LogP contribution in [0.4, 0.5) is 0 Å². The van der Waals surface area contributed by atoms with E-state index in [1.54, 1.807) is 12.1 Å². The maximum atomic E-state index is 10.5. The van der Waals surface area contributed by atoms with Crippen LogP contribution < -0.4 is 18.9 Å². The zero-order valence-corrected chi connectivity index (χ0v) is 25.2. The molecule has 3 aliphatic carbocycles. The van der Waals surface area contributed by atoms with Gasteiger partial charge in [-0.3, -0.25) is 0 Å². The smallest absolute Gasteiger partial charge is 1.00 e. The molecule has 212 valence electrons. The van der Waals surface area contributed by atoms with Crippen LogP contribution in [0.15, 0.2) is 72.8 Å². The summed E-state index contributed by atoms with van der Waals surface area (Å²) in [5.41, 5.74) is 6.80. The Balaban J connectivity index is 0.000000532. The number of carbonyl (C=O) groups is 1. The first-order valence-electron chi connectivity index (χ1n) is 12.7. The van der Waals surface area contributed by atoms with E-state index < -0.39 is 15.2 Å². The van der Waals surface area contributed by atoms with Gasteiger partial charge in [-0.2, -0.15) is 0 Å². The van der Waals surface area contributed by atoms with Crippen molar-refractivity contribution in [1.82, 2.24) is 0 Å². The Kier molecular flexibility index (Phi) is 18.1. The van der Waals surface area contributed by atoms with Gasteiger partial charge in [-0.05, 0) is 96.2 Å². The van der Waals surface area contributed by atoms with Crippen LogP contribution in [-0.4, -0.2) is 37.8 Å². The Labute approximate surface area is 278 Å². The van der Waals surface area contributed by atoms with Gasteiger partial charge in [-0.15, -0.1) is 11.6 Å². The summed E-state index contributed by atoms with van der Waals surface area (Å²) in [6.07, 6.45) is 7.95. The quantitative estimate of drug-likeness (QED) is 0.237. The predicted octanol–water partition coefficient (Wildman–Crippen LogP) is 4.60. The van der Waals surface area contributed by atoms with Crippen molar-refractivity contribution in [3.63, 3.8) is 0 Å². The van der Waals surface area contributed by atoms with E-state index in [4.69, 9.17) is 26.0 Å². The molecule has 2 N–H and O–H groups in total. The molecule has 0 aliphatic heterocycles. The van der Waals surface area contributed by atoms with Crippen LogP contribution in [0.5, 0.6) is 0 Å². The van der Waals surface area contributed by atoms with E-state index in [1.165, 1.54) is 60.8 Å². The summed E-state index contributed by atoms with van der Waals surface area (Å²) in [6.45, 7) is 0.158. The number of hydrogen-bond acceptors (Lipinski definition) is 3. The molecule has 0 bridgehead atoms. The molecule has 40 heavy (non-hydrogen) atoms. The predicted molar refractivity (Wildman–Crippen MR) is 169 cm³/mol. The van der Waals surface area contributed by atoms with Gasteiger partial charge in [0, 0.05) is 27.2 Å². The van der Waals surface area contributed by atoms with Crippen molar-refractivity contribution in [1.29, 1.82) is 0 Å². The van der Waals surface area contributed by atoms with E-state index >= 15 is 0 Å². The van der Waals surface area contributed by atoms with Gasteiger partial charge in [0.1, 0.15) is 0 Å². The molecule has 3 fully saturated rings. The molecule has 0 aromatic heterocycles. The van der Waals surface area contributed by atoms with Gasteiger partial charge in [0.25, 0.3) is 0 Å². The first-order chi connectivity index (χ1) is 18.3. The maximum absolute atomic E-state index is 10.5.